The Morgan fingerprint density at radius 3 is 2.01 bits per heavy atom. The predicted molar refractivity (Wildman–Crippen MR) is 310 cm³/mol. The second kappa shape index (κ2) is 26.6. The molecule has 11 bridgehead atoms. The number of fused-ring (bicyclic) bond motifs is 15. The second-order valence-corrected chi connectivity index (χ2v) is 23.3. The number of amides is 5. The first-order valence-corrected chi connectivity index (χ1v) is 28.6. The topological polar surface area (TPSA) is 476 Å². The molecule has 90 heavy (non-hydrogen) atoms. The quantitative estimate of drug-likeness (QED) is 0.0935. The molecule has 6 aliphatic heterocycles. The van der Waals surface area contributed by atoms with E-state index in [-0.39, 0.29) is 56.7 Å². The van der Waals surface area contributed by atoms with Gasteiger partial charge in [-0.1, -0.05) is 43.6 Å². The Balaban J connectivity index is 1.32. The highest BCUT2D eigenvalue weighted by Crippen LogP contribution is 2.49. The first-order chi connectivity index (χ1) is 42.5. The number of aliphatic carboxylic acids is 1. The maximum atomic E-state index is 15.9. The number of ether oxygens (including phenoxy) is 4. The lowest BCUT2D eigenvalue weighted by molar-refractivity contribution is -0.277. The first-order valence-electron chi connectivity index (χ1n) is 28.2. The maximum absolute atomic E-state index is 15.9. The van der Waals surface area contributed by atoms with Crippen molar-refractivity contribution in [3.05, 3.63) is 117 Å². The number of carboxylic acids is 1. The Morgan fingerprint density at radius 2 is 1.38 bits per heavy atom. The van der Waals surface area contributed by atoms with Gasteiger partial charge in [-0.3, -0.25) is 33.6 Å². The molecule has 29 heteroatoms. The fraction of sp³-hybridized carbons (Fsp3) is 0.377. The smallest absolute Gasteiger partial charge is 0.330 e. The number of ketones is 2. The Kier molecular flexibility index (Phi) is 19.4. The van der Waals surface area contributed by atoms with Gasteiger partial charge in [-0.25, -0.2) is 4.79 Å². The highest BCUT2D eigenvalue weighted by molar-refractivity contribution is 6.32. The summed E-state index contributed by atoms with van der Waals surface area (Å²) in [5.74, 6) is -18.0. The summed E-state index contributed by atoms with van der Waals surface area (Å²) in [6.07, 6.45) is -16.5. The van der Waals surface area contributed by atoms with Gasteiger partial charge >= 0.3 is 5.97 Å². The summed E-state index contributed by atoms with van der Waals surface area (Å²) in [6, 6.07) is 4.93. The van der Waals surface area contributed by atoms with Crippen LogP contribution in [0.25, 0.3) is 11.1 Å². The molecule has 5 unspecified atom stereocenters. The van der Waals surface area contributed by atoms with Crippen LogP contribution in [0.1, 0.15) is 103 Å². The lowest BCUT2D eigenvalue weighted by Crippen LogP contribution is -2.60. The van der Waals surface area contributed by atoms with Crippen molar-refractivity contribution in [3.63, 3.8) is 0 Å². The number of carbonyl (C=O) groups excluding carboxylic acids is 7. The van der Waals surface area contributed by atoms with Crippen LogP contribution in [0.5, 0.6) is 46.0 Å². The van der Waals surface area contributed by atoms with Gasteiger partial charge in [0, 0.05) is 42.0 Å². The van der Waals surface area contributed by atoms with E-state index in [1.54, 1.807) is 13.8 Å². The molecule has 5 aromatic rings. The Hall–Kier alpha value is -8.97. The van der Waals surface area contributed by atoms with Crippen molar-refractivity contribution in [1.82, 2.24) is 21.3 Å². The van der Waals surface area contributed by atoms with Gasteiger partial charge in [-0.2, -0.15) is 0 Å². The largest absolute Gasteiger partial charge is 0.508 e. The molecule has 0 saturated carbocycles. The van der Waals surface area contributed by atoms with Gasteiger partial charge in [-0.15, -0.1) is 0 Å². The van der Waals surface area contributed by atoms with Gasteiger partial charge in [0.15, 0.2) is 29.1 Å². The summed E-state index contributed by atoms with van der Waals surface area (Å²) < 4.78 is 25.1. The van der Waals surface area contributed by atoms with Crippen molar-refractivity contribution in [2.75, 3.05) is 6.61 Å². The van der Waals surface area contributed by atoms with Crippen molar-refractivity contribution in [1.29, 1.82) is 0 Å². The van der Waals surface area contributed by atoms with Crippen LogP contribution in [0.2, 0.25) is 5.02 Å². The minimum atomic E-state index is -2.19. The normalized spacial score (nSPS) is 26.6. The fourth-order valence-electron chi connectivity index (χ4n) is 11.2. The number of halogens is 1. The number of carboxylic acid groups (broad SMARTS) is 1. The second-order valence-electron chi connectivity index (χ2n) is 22.9. The van der Waals surface area contributed by atoms with E-state index in [0.29, 0.717) is 0 Å². The molecule has 1 saturated heterocycles. The predicted octanol–water partition coefficient (Wildman–Crippen LogP) is 1.24. The third-order valence-corrected chi connectivity index (χ3v) is 16.2. The summed E-state index contributed by atoms with van der Waals surface area (Å²) in [5.41, 5.74) is 9.88. The minimum absolute atomic E-state index is 0.113. The van der Waals surface area contributed by atoms with Gasteiger partial charge in [0.05, 0.1) is 29.5 Å². The van der Waals surface area contributed by atoms with Crippen LogP contribution < -0.4 is 46.9 Å². The molecule has 0 radical (unpaired) electrons. The highest BCUT2D eigenvalue weighted by Gasteiger charge is 2.47. The van der Waals surface area contributed by atoms with Gasteiger partial charge in [0.1, 0.15) is 83.5 Å². The average molecular weight is 1270 g/mol. The van der Waals surface area contributed by atoms with E-state index in [4.69, 9.17) is 42.0 Å². The van der Waals surface area contributed by atoms with Crippen LogP contribution >= 0.6 is 11.6 Å². The molecule has 6 aliphatic rings. The molecule has 5 aromatic carbocycles. The minimum Gasteiger partial charge on any atom is -0.508 e. The number of aromatic hydroxyl groups is 3. The molecule has 28 nitrogen and oxygen atoms in total. The molecule has 6 heterocycles. The number of aliphatic hydroxyl groups is 6. The van der Waals surface area contributed by atoms with Crippen molar-refractivity contribution >= 4 is 58.7 Å². The molecule has 0 aliphatic carbocycles. The Bertz CT molecular complexity index is 3700. The van der Waals surface area contributed by atoms with E-state index in [1.807, 2.05) is 0 Å². The standard InChI is InChI=1S/C61H65ClN6O22/c1-22(2)10-34(63)58(83)67-48-37(73)14-28(17-44(64)75)56(81)65-46-27-15-41(55(90-61-54(80)53(79)52(78)43(21-69)89-61)42(16-27)88-40-9-6-26(50(48)76)13-33(40)62)87-39-8-5-25(11-23(39)3)51(77)49-59(84)66-47(60(85)86)32-18-29(70)19-36(72)45(32)31-12-24(4-7-35(31)71)30(20-38(46)74)57(82)68-49/h4-9,11-13,15-16,18-19,22,28,30,34,43,46-54,61,69-72,76-80H,10,14,17,20-21,63H2,1-3H3,(H2,64,75)(H,65,81)(H,66,84)(H,67,83)(H,68,82)(H,85,86)/t28-,30+,34+,43?,46+,47-,48-,49-,50+,51+,52?,53?,54?,61?/m0/s1. The summed E-state index contributed by atoms with van der Waals surface area (Å²) >= 11 is 6.94. The van der Waals surface area contributed by atoms with E-state index in [1.165, 1.54) is 37.3 Å². The monoisotopic (exact) mass is 1270 g/mol. The van der Waals surface area contributed by atoms with Crippen molar-refractivity contribution in [2.24, 2.45) is 23.3 Å². The number of nitrogens with one attached hydrogen (secondary N) is 4. The zero-order chi connectivity index (χ0) is 65.5. The van der Waals surface area contributed by atoms with Crippen LogP contribution in [-0.4, -0.2) is 154 Å². The van der Waals surface area contributed by atoms with E-state index >= 15 is 14.4 Å². The van der Waals surface area contributed by atoms with Gasteiger partial charge < -0.3 is 103 Å². The third-order valence-electron chi connectivity index (χ3n) is 15.9. The number of phenolic OH excluding ortho intramolecular Hbond substituents is 3. The highest BCUT2D eigenvalue weighted by atomic mass is 35.5. The summed E-state index contributed by atoms with van der Waals surface area (Å²) in [5, 5.41) is 121. The molecule has 5 amide bonds. The number of phenols is 3. The number of aliphatic hydroxyl groups excluding tert-OH is 6. The summed E-state index contributed by atoms with van der Waals surface area (Å²) in [4.78, 5) is 116. The van der Waals surface area contributed by atoms with Gasteiger partial charge in [-0.05, 0) is 102 Å². The van der Waals surface area contributed by atoms with Crippen LogP contribution in [0.4, 0.5) is 0 Å². The number of hydrogen-bond donors (Lipinski definition) is 16. The number of primary amides is 1. The molecular weight excluding hydrogens is 1200 g/mol. The van der Waals surface area contributed by atoms with Crippen molar-refractivity contribution in [2.45, 2.75) is 125 Å². The van der Waals surface area contributed by atoms with Crippen molar-refractivity contribution < 1.29 is 108 Å². The SMILES string of the molecule is Cc1cc2ccc1Oc1cc3cc(c1OC1OC(CO)C(O)C(O)C1O)Oc1ccc(cc1Cl)[C@@H](O)[C@@H](NC(=O)[C@H](N)CC(C)C)C(=O)C[C@@H](CC(N)=O)C(=O)N[C@H]3C(=O)C[C@H]1C(=O)N[C@H](C(=O)N[C@H](C(=O)O)c3cc(O)cc(O)c3-c3cc1ccc3O)[C@@H]2O. The fourth-order valence-corrected chi connectivity index (χ4v) is 11.5. The van der Waals surface area contributed by atoms with E-state index < -0.39 is 209 Å². The third kappa shape index (κ3) is 13.6. The lowest BCUT2D eigenvalue weighted by Gasteiger charge is -2.39. The first kappa shape index (κ1) is 65.5. The number of hydrogen-bond acceptors (Lipinski definition) is 22. The Labute approximate surface area is 516 Å². The molecule has 1 fully saturated rings. The lowest BCUT2D eigenvalue weighted by atomic mass is 9.84. The molecule has 14 atom stereocenters. The van der Waals surface area contributed by atoms with E-state index in [9.17, 15) is 75.0 Å². The average Bonchev–Trinajstić information content (AvgIpc) is 0.786. The molecular formula is C61H65ClN6O22. The van der Waals surface area contributed by atoms with Crippen LogP contribution in [0.3, 0.4) is 0 Å². The zero-order valence-corrected chi connectivity index (χ0v) is 48.9. The van der Waals surface area contributed by atoms with E-state index in [2.05, 4.69) is 21.3 Å². The molecule has 18 N–H and O–H groups in total. The van der Waals surface area contributed by atoms with Gasteiger partial charge in [0.25, 0.3) is 0 Å². The number of aryl methyl sites for hydroxylation is 1. The molecule has 478 valence electrons. The van der Waals surface area contributed by atoms with Crippen LogP contribution in [0.15, 0.2) is 78.9 Å². The molecule has 0 spiro atoms. The zero-order valence-electron chi connectivity index (χ0n) is 48.1. The van der Waals surface area contributed by atoms with Crippen LogP contribution in [-0.2, 0) is 43.1 Å². The number of benzene rings is 5. The number of carbonyl (C=O) groups is 8. The number of Topliss-reactive ketones (excluding diaryl/α,β-unsaturated/α-hetero) is 2. The van der Waals surface area contributed by atoms with Gasteiger partial charge in [0.2, 0.25) is 41.6 Å². The van der Waals surface area contributed by atoms with E-state index in [0.717, 1.165) is 48.5 Å². The summed E-state index contributed by atoms with van der Waals surface area (Å²) in [6.45, 7) is 4.09. The Morgan fingerprint density at radius 1 is 0.722 bits per heavy atom. The number of nitrogens with two attached hydrogens (primary N) is 2. The molecule has 0 aromatic heterocycles. The maximum Gasteiger partial charge on any atom is 0.330 e. The van der Waals surface area contributed by atoms with Crippen LogP contribution in [0, 0.1) is 18.8 Å². The molecule has 11 rings (SSSR count). The summed E-state index contributed by atoms with van der Waals surface area (Å²) in [7, 11) is 0. The number of rotatable bonds is 10. The van der Waals surface area contributed by atoms with Crippen molar-refractivity contribution in [3.8, 4) is 57.1 Å².